The monoisotopic (exact) mass is 366 g/mol. The number of hydrogen-bond acceptors (Lipinski definition) is 3. The van der Waals surface area contributed by atoms with Crippen LogP contribution in [-0.4, -0.2) is 30.0 Å². The van der Waals surface area contributed by atoms with Crippen LogP contribution in [0.5, 0.6) is 5.75 Å². The lowest BCUT2D eigenvalue weighted by Crippen LogP contribution is -2.29. The minimum absolute atomic E-state index is 0.0328. The molecule has 1 aliphatic heterocycles. The van der Waals surface area contributed by atoms with Crippen LogP contribution in [0.2, 0.25) is 0 Å². The van der Waals surface area contributed by atoms with Gasteiger partial charge in [0.15, 0.2) is 0 Å². The Kier molecular flexibility index (Phi) is 6.88. The smallest absolute Gasteiger partial charge is 0.255 e. The van der Waals surface area contributed by atoms with Crippen molar-refractivity contribution in [2.45, 2.75) is 52.3 Å². The quantitative estimate of drug-likeness (QED) is 0.790. The number of nitrogens with zero attached hydrogens (tertiary/aromatic N) is 1. The van der Waals surface area contributed by atoms with Crippen LogP contribution >= 0.6 is 0 Å². The Balaban J connectivity index is 1.60. The summed E-state index contributed by atoms with van der Waals surface area (Å²) in [6, 6.07) is 15.9. The molecule has 0 atom stereocenters. The molecule has 4 nitrogen and oxygen atoms in total. The normalized spacial score (nSPS) is 14.9. The Labute approximate surface area is 162 Å². The molecule has 1 aliphatic rings. The van der Waals surface area contributed by atoms with E-state index in [1.165, 1.54) is 37.9 Å². The van der Waals surface area contributed by atoms with Gasteiger partial charge in [0.1, 0.15) is 5.75 Å². The van der Waals surface area contributed by atoms with Gasteiger partial charge in [-0.3, -0.25) is 9.69 Å². The lowest BCUT2D eigenvalue weighted by molar-refractivity contribution is 0.0945. The average Bonchev–Trinajstić information content (AvgIpc) is 2.67. The van der Waals surface area contributed by atoms with Crippen molar-refractivity contribution in [1.82, 2.24) is 10.2 Å². The molecule has 1 saturated heterocycles. The summed E-state index contributed by atoms with van der Waals surface area (Å²) in [5.41, 5.74) is 3.02. The summed E-state index contributed by atoms with van der Waals surface area (Å²) in [5, 5.41) is 3.03. The summed E-state index contributed by atoms with van der Waals surface area (Å²) >= 11 is 0. The Bertz CT molecular complexity index is 752. The predicted octanol–water partition coefficient (Wildman–Crippen LogP) is 4.39. The molecule has 2 aromatic carbocycles. The molecule has 0 bridgehead atoms. The van der Waals surface area contributed by atoms with E-state index in [4.69, 9.17) is 4.74 Å². The SMILES string of the molecule is CC(C)Oc1ccccc1C(=O)NCc1cccc(CN2CCCCC2)c1. The van der Waals surface area contributed by atoms with Gasteiger partial charge in [0, 0.05) is 13.1 Å². The number of hydrogen-bond donors (Lipinski definition) is 1. The number of benzene rings is 2. The van der Waals surface area contributed by atoms with Gasteiger partial charge in [0.2, 0.25) is 0 Å². The van der Waals surface area contributed by atoms with E-state index in [1.807, 2.05) is 32.0 Å². The van der Waals surface area contributed by atoms with Crippen molar-refractivity contribution in [3.63, 3.8) is 0 Å². The van der Waals surface area contributed by atoms with E-state index in [9.17, 15) is 4.79 Å². The van der Waals surface area contributed by atoms with Crippen LogP contribution in [-0.2, 0) is 13.1 Å². The molecule has 0 aliphatic carbocycles. The van der Waals surface area contributed by atoms with Gasteiger partial charge >= 0.3 is 0 Å². The maximum atomic E-state index is 12.6. The highest BCUT2D eigenvalue weighted by atomic mass is 16.5. The van der Waals surface area contributed by atoms with Crippen molar-refractivity contribution in [2.24, 2.45) is 0 Å². The number of amides is 1. The molecule has 0 spiro atoms. The number of likely N-dealkylation sites (tertiary alicyclic amines) is 1. The summed E-state index contributed by atoms with van der Waals surface area (Å²) < 4.78 is 5.76. The molecule has 2 aromatic rings. The zero-order valence-electron chi connectivity index (χ0n) is 16.4. The highest BCUT2D eigenvalue weighted by molar-refractivity contribution is 5.96. The maximum absolute atomic E-state index is 12.6. The third-order valence-corrected chi connectivity index (χ3v) is 4.79. The minimum atomic E-state index is -0.104. The van der Waals surface area contributed by atoms with Gasteiger partial charge in [-0.2, -0.15) is 0 Å². The van der Waals surface area contributed by atoms with Crippen LogP contribution in [0, 0.1) is 0 Å². The van der Waals surface area contributed by atoms with E-state index < -0.39 is 0 Å². The molecule has 1 amide bonds. The summed E-state index contributed by atoms with van der Waals surface area (Å²) in [5.74, 6) is 0.525. The van der Waals surface area contributed by atoms with E-state index in [1.54, 1.807) is 6.07 Å². The highest BCUT2D eigenvalue weighted by Crippen LogP contribution is 2.19. The third-order valence-electron chi connectivity index (χ3n) is 4.79. The zero-order valence-corrected chi connectivity index (χ0v) is 16.4. The van der Waals surface area contributed by atoms with Crippen LogP contribution in [0.3, 0.4) is 0 Å². The molecule has 1 fully saturated rings. The van der Waals surface area contributed by atoms with Gasteiger partial charge in [0.25, 0.3) is 5.91 Å². The number of rotatable bonds is 7. The van der Waals surface area contributed by atoms with Crippen LogP contribution in [0.25, 0.3) is 0 Å². The van der Waals surface area contributed by atoms with Gasteiger partial charge in [-0.1, -0.05) is 42.8 Å². The average molecular weight is 367 g/mol. The van der Waals surface area contributed by atoms with Crippen molar-refractivity contribution in [1.29, 1.82) is 0 Å². The molecule has 0 unspecified atom stereocenters. The molecule has 1 N–H and O–H groups in total. The molecule has 0 aromatic heterocycles. The fourth-order valence-electron chi connectivity index (χ4n) is 3.50. The van der Waals surface area contributed by atoms with Gasteiger partial charge in [-0.15, -0.1) is 0 Å². The fraction of sp³-hybridized carbons (Fsp3) is 0.435. The van der Waals surface area contributed by atoms with E-state index in [0.717, 1.165) is 12.1 Å². The van der Waals surface area contributed by atoms with Crippen LogP contribution < -0.4 is 10.1 Å². The van der Waals surface area contributed by atoms with Crippen molar-refractivity contribution >= 4 is 5.91 Å². The summed E-state index contributed by atoms with van der Waals surface area (Å²) in [7, 11) is 0. The molecule has 0 radical (unpaired) electrons. The van der Waals surface area contributed by atoms with E-state index in [2.05, 4.69) is 34.5 Å². The Hall–Kier alpha value is -2.33. The van der Waals surface area contributed by atoms with Crippen molar-refractivity contribution < 1.29 is 9.53 Å². The lowest BCUT2D eigenvalue weighted by atomic mass is 10.1. The van der Waals surface area contributed by atoms with Gasteiger partial charge in [-0.25, -0.2) is 0 Å². The molecule has 1 heterocycles. The predicted molar refractivity (Wildman–Crippen MR) is 109 cm³/mol. The van der Waals surface area contributed by atoms with Crippen LogP contribution in [0.15, 0.2) is 48.5 Å². The number of carbonyl (C=O) groups is 1. The van der Waals surface area contributed by atoms with Gasteiger partial charge in [-0.05, 0) is 63.0 Å². The van der Waals surface area contributed by atoms with Crippen molar-refractivity contribution in [3.8, 4) is 5.75 Å². The molecule has 4 heteroatoms. The molecular formula is C23H30N2O2. The van der Waals surface area contributed by atoms with Gasteiger partial charge in [0.05, 0.1) is 11.7 Å². The number of piperidine rings is 1. The topological polar surface area (TPSA) is 41.6 Å². The highest BCUT2D eigenvalue weighted by Gasteiger charge is 2.13. The first-order valence-electron chi connectivity index (χ1n) is 9.96. The molecule has 0 saturated carbocycles. The molecule has 3 rings (SSSR count). The number of nitrogens with one attached hydrogen (secondary N) is 1. The zero-order chi connectivity index (χ0) is 19.1. The number of carbonyl (C=O) groups excluding carboxylic acids is 1. The maximum Gasteiger partial charge on any atom is 0.255 e. The molecular weight excluding hydrogens is 336 g/mol. The first-order valence-corrected chi connectivity index (χ1v) is 9.96. The Morgan fingerprint density at radius 1 is 1.04 bits per heavy atom. The van der Waals surface area contributed by atoms with Crippen molar-refractivity contribution in [3.05, 3.63) is 65.2 Å². The lowest BCUT2D eigenvalue weighted by Gasteiger charge is -2.26. The van der Waals surface area contributed by atoms with Crippen LogP contribution in [0.4, 0.5) is 0 Å². The first-order chi connectivity index (χ1) is 13.1. The van der Waals surface area contributed by atoms with E-state index >= 15 is 0 Å². The summed E-state index contributed by atoms with van der Waals surface area (Å²) in [6.07, 6.45) is 3.98. The van der Waals surface area contributed by atoms with E-state index in [0.29, 0.717) is 17.9 Å². The standard InChI is InChI=1S/C23H30N2O2/c1-18(2)27-22-12-5-4-11-21(22)23(26)24-16-19-9-8-10-20(15-19)17-25-13-6-3-7-14-25/h4-5,8-12,15,18H,3,6-7,13-14,16-17H2,1-2H3,(H,24,26). The molecule has 144 valence electrons. The van der Waals surface area contributed by atoms with E-state index in [-0.39, 0.29) is 12.0 Å². The Morgan fingerprint density at radius 3 is 2.56 bits per heavy atom. The number of para-hydroxylation sites is 1. The van der Waals surface area contributed by atoms with Gasteiger partial charge < -0.3 is 10.1 Å². The van der Waals surface area contributed by atoms with Crippen LogP contribution in [0.1, 0.15) is 54.6 Å². The number of ether oxygens (including phenoxy) is 1. The second-order valence-corrected chi connectivity index (χ2v) is 7.50. The minimum Gasteiger partial charge on any atom is -0.490 e. The molecule has 27 heavy (non-hydrogen) atoms. The fourth-order valence-corrected chi connectivity index (χ4v) is 3.50. The second-order valence-electron chi connectivity index (χ2n) is 7.50. The largest absolute Gasteiger partial charge is 0.490 e. The van der Waals surface area contributed by atoms with Crippen molar-refractivity contribution in [2.75, 3.05) is 13.1 Å². The third kappa shape index (κ3) is 5.83. The summed E-state index contributed by atoms with van der Waals surface area (Å²) in [6.45, 7) is 7.81. The first kappa shape index (κ1) is 19.4. The Morgan fingerprint density at radius 2 is 1.78 bits per heavy atom. The second kappa shape index (κ2) is 9.56. The summed E-state index contributed by atoms with van der Waals surface area (Å²) in [4.78, 5) is 15.1.